The number of aryl methyl sites for hydroxylation is 3. The molecular weight excluding hydrogens is 460 g/mol. The second-order valence-corrected chi connectivity index (χ2v) is 10.8. The molecule has 6 heteroatoms. The Morgan fingerprint density at radius 1 is 1.27 bits per heavy atom. The van der Waals surface area contributed by atoms with Crippen LogP contribution in [0.3, 0.4) is 0 Å². The summed E-state index contributed by atoms with van der Waals surface area (Å²) in [5.74, 6) is -0.145. The van der Waals surface area contributed by atoms with Crippen molar-refractivity contribution in [2.24, 2.45) is 0 Å². The van der Waals surface area contributed by atoms with Gasteiger partial charge in [-0.25, -0.2) is 4.98 Å². The third-order valence-electron chi connectivity index (χ3n) is 7.83. The van der Waals surface area contributed by atoms with E-state index in [1.165, 1.54) is 11.1 Å². The van der Waals surface area contributed by atoms with Crippen LogP contribution in [-0.4, -0.2) is 33.7 Å². The lowest BCUT2D eigenvalue weighted by Gasteiger charge is -2.35. The molecule has 1 amide bonds. The van der Waals surface area contributed by atoms with Crippen molar-refractivity contribution in [3.63, 3.8) is 0 Å². The molecule has 192 valence electrons. The van der Waals surface area contributed by atoms with E-state index in [9.17, 15) is 10.1 Å². The predicted octanol–water partition coefficient (Wildman–Crippen LogP) is 5.66. The van der Waals surface area contributed by atoms with Gasteiger partial charge in [0.1, 0.15) is 11.7 Å². The minimum absolute atomic E-state index is 0.0733. The van der Waals surface area contributed by atoms with Crippen LogP contribution >= 0.6 is 0 Å². The van der Waals surface area contributed by atoms with Crippen molar-refractivity contribution in [1.82, 2.24) is 14.9 Å². The van der Waals surface area contributed by atoms with Crippen molar-refractivity contribution in [3.8, 4) is 6.07 Å². The number of rotatable bonds is 6. The molecule has 1 aliphatic heterocycles. The first-order chi connectivity index (χ1) is 17.8. The van der Waals surface area contributed by atoms with Crippen LogP contribution in [0.1, 0.15) is 86.6 Å². The zero-order valence-electron chi connectivity index (χ0n) is 22.3. The Balaban J connectivity index is 1.61. The number of amides is 1. The fourth-order valence-electron chi connectivity index (χ4n) is 6.06. The van der Waals surface area contributed by atoms with Crippen LogP contribution in [-0.2, 0) is 28.8 Å². The normalized spacial score (nSPS) is 20.7. The predicted molar refractivity (Wildman–Crippen MR) is 146 cm³/mol. The number of nitriles is 1. The maximum atomic E-state index is 13.0. The molecule has 2 aliphatic rings. The molecule has 0 radical (unpaired) electrons. The van der Waals surface area contributed by atoms with Gasteiger partial charge in [-0.05, 0) is 81.2 Å². The number of hydrogen-bond donors (Lipinski definition) is 1. The van der Waals surface area contributed by atoms with E-state index in [0.29, 0.717) is 12.2 Å². The number of hydrogen-bond acceptors (Lipinski definition) is 4. The van der Waals surface area contributed by atoms with Gasteiger partial charge < -0.3 is 14.6 Å². The molecule has 3 aromatic rings. The number of carbonyl (C=O) groups excluding carboxylic acids is 1. The van der Waals surface area contributed by atoms with E-state index in [1.54, 1.807) is 6.08 Å². The topological polar surface area (TPSA) is 79.9 Å². The Kier molecular flexibility index (Phi) is 6.92. The number of fused-ring (bicyclic) bond motifs is 2. The lowest BCUT2D eigenvalue weighted by Crippen LogP contribution is -2.45. The summed E-state index contributed by atoms with van der Waals surface area (Å²) >= 11 is 0. The highest BCUT2D eigenvalue weighted by Crippen LogP contribution is 2.40. The van der Waals surface area contributed by atoms with Crippen LogP contribution in [0.2, 0.25) is 0 Å². The highest BCUT2D eigenvalue weighted by Gasteiger charge is 2.31. The van der Waals surface area contributed by atoms with Crippen molar-refractivity contribution in [2.75, 3.05) is 6.61 Å². The van der Waals surface area contributed by atoms with Crippen LogP contribution in [0.25, 0.3) is 17.1 Å². The van der Waals surface area contributed by atoms with Crippen LogP contribution in [0.4, 0.5) is 0 Å². The molecule has 2 aromatic heterocycles. The molecule has 3 heterocycles. The lowest BCUT2D eigenvalue weighted by atomic mass is 9.94. The van der Waals surface area contributed by atoms with E-state index in [0.717, 1.165) is 66.5 Å². The Hall–Kier alpha value is -3.43. The maximum Gasteiger partial charge on any atom is 0.244 e. The molecule has 1 aliphatic carbocycles. The smallest absolute Gasteiger partial charge is 0.244 e. The van der Waals surface area contributed by atoms with Gasteiger partial charge in [-0.15, -0.1) is 0 Å². The first-order valence-electron chi connectivity index (χ1n) is 13.5. The fraction of sp³-hybridized carbons (Fsp3) is 0.452. The third kappa shape index (κ3) is 4.81. The quantitative estimate of drug-likeness (QED) is 0.447. The van der Waals surface area contributed by atoms with E-state index < -0.39 is 0 Å². The van der Waals surface area contributed by atoms with Crippen molar-refractivity contribution in [3.05, 3.63) is 70.0 Å². The number of nitrogens with zero attached hydrogens (tertiary/aromatic N) is 3. The van der Waals surface area contributed by atoms with Crippen molar-refractivity contribution >= 4 is 23.0 Å². The molecule has 2 atom stereocenters. The molecule has 0 bridgehead atoms. The van der Waals surface area contributed by atoms with Gasteiger partial charge in [0.15, 0.2) is 0 Å². The summed E-state index contributed by atoms with van der Waals surface area (Å²) < 4.78 is 8.02. The highest BCUT2D eigenvalue weighted by atomic mass is 16.5. The summed E-state index contributed by atoms with van der Waals surface area (Å²) in [5, 5.41) is 14.4. The minimum atomic E-state index is -0.241. The molecule has 1 N–H and O–H groups in total. The number of nitrogens with one attached hydrogen (secondary N) is 1. The highest BCUT2D eigenvalue weighted by molar-refractivity contribution is 5.96. The van der Waals surface area contributed by atoms with Crippen molar-refractivity contribution in [2.45, 2.75) is 83.9 Å². The van der Waals surface area contributed by atoms with Crippen LogP contribution in [0.15, 0.2) is 36.4 Å². The number of benzene rings is 1. The number of aromatic nitrogens is 2. The Morgan fingerprint density at radius 2 is 2.08 bits per heavy atom. The van der Waals surface area contributed by atoms with Gasteiger partial charge in [0.05, 0.1) is 22.9 Å². The third-order valence-corrected chi connectivity index (χ3v) is 7.83. The fourth-order valence-corrected chi connectivity index (χ4v) is 6.06. The molecule has 0 spiro atoms. The minimum Gasteiger partial charge on any atom is -0.375 e. The van der Waals surface area contributed by atoms with Gasteiger partial charge in [-0.2, -0.15) is 5.26 Å². The van der Waals surface area contributed by atoms with Crippen LogP contribution in [0, 0.1) is 11.3 Å². The monoisotopic (exact) mass is 496 g/mol. The summed E-state index contributed by atoms with van der Waals surface area (Å²) in [5.41, 5.74) is 6.73. The zero-order chi connectivity index (χ0) is 26.2. The molecule has 0 saturated carbocycles. The van der Waals surface area contributed by atoms with Gasteiger partial charge >= 0.3 is 0 Å². The van der Waals surface area contributed by atoms with E-state index >= 15 is 0 Å². The van der Waals surface area contributed by atoms with E-state index in [1.807, 2.05) is 6.08 Å². The van der Waals surface area contributed by atoms with Gasteiger partial charge in [0.25, 0.3) is 0 Å². The molecule has 6 nitrogen and oxygen atoms in total. The van der Waals surface area contributed by atoms with Crippen LogP contribution < -0.4 is 5.32 Å². The average Bonchev–Trinajstić information content (AvgIpc) is 3.44. The molecular formula is C31H36N4O2. The summed E-state index contributed by atoms with van der Waals surface area (Å²) in [6, 6.07) is 13.3. The Bertz CT molecular complexity index is 1410. The Labute approximate surface area is 219 Å². The summed E-state index contributed by atoms with van der Waals surface area (Å²) in [6.07, 6.45) is 8.56. The summed E-state index contributed by atoms with van der Waals surface area (Å²) in [7, 11) is 0. The van der Waals surface area contributed by atoms with E-state index in [4.69, 9.17) is 9.72 Å². The largest absolute Gasteiger partial charge is 0.375 e. The number of carbonyl (C=O) groups is 1. The second-order valence-electron chi connectivity index (χ2n) is 10.8. The molecule has 5 rings (SSSR count). The number of pyridine rings is 1. The van der Waals surface area contributed by atoms with Gasteiger partial charge in [0.2, 0.25) is 5.91 Å². The van der Waals surface area contributed by atoms with E-state index in [2.05, 4.69) is 74.0 Å². The Morgan fingerprint density at radius 3 is 2.81 bits per heavy atom. The van der Waals surface area contributed by atoms with Gasteiger partial charge in [-0.3, -0.25) is 4.79 Å². The average molecular weight is 497 g/mol. The lowest BCUT2D eigenvalue weighted by molar-refractivity contribution is -0.119. The SMILES string of the molecule is CCc1cc(CC)c2c(C#N)c(/C=C/C(=O)NC3CCOC(C)(C)C3)n(C3CCc4ccccc43)c2n1. The van der Waals surface area contributed by atoms with E-state index in [-0.39, 0.29) is 23.6 Å². The van der Waals surface area contributed by atoms with Gasteiger partial charge in [0, 0.05) is 29.8 Å². The number of ether oxygens (including phenoxy) is 1. The summed E-state index contributed by atoms with van der Waals surface area (Å²) in [6.45, 7) is 8.98. The van der Waals surface area contributed by atoms with Crippen molar-refractivity contribution < 1.29 is 9.53 Å². The molecule has 1 aromatic carbocycles. The molecule has 1 saturated heterocycles. The standard InChI is InChI=1S/C31H36N4O2/c1-5-20-17-22(6-2)34-30-29(20)25(19-32)27(35(30)26-12-11-21-9-7-8-10-24(21)26)13-14-28(36)33-23-15-16-37-31(3,4)18-23/h7-10,13-14,17,23,26H,5-6,11-12,15-16,18H2,1-4H3,(H,33,36)/b14-13+. The van der Waals surface area contributed by atoms with Crippen molar-refractivity contribution in [1.29, 1.82) is 5.26 Å². The maximum absolute atomic E-state index is 13.0. The van der Waals surface area contributed by atoms with Gasteiger partial charge in [-0.1, -0.05) is 38.1 Å². The first-order valence-corrected chi connectivity index (χ1v) is 13.5. The zero-order valence-corrected chi connectivity index (χ0v) is 22.3. The summed E-state index contributed by atoms with van der Waals surface area (Å²) in [4.78, 5) is 18.1. The first kappa shape index (κ1) is 25.2. The molecule has 1 fully saturated rings. The second kappa shape index (κ2) is 10.1. The molecule has 37 heavy (non-hydrogen) atoms. The van der Waals surface area contributed by atoms with Crippen LogP contribution in [0.5, 0.6) is 0 Å². The molecule has 2 unspecified atom stereocenters.